The van der Waals surface area contributed by atoms with E-state index in [-0.39, 0.29) is 11.4 Å². The molecule has 2 atom stereocenters. The van der Waals surface area contributed by atoms with Gasteiger partial charge in [0.15, 0.2) is 0 Å². The van der Waals surface area contributed by atoms with Crippen LogP contribution in [0.5, 0.6) is 0 Å². The minimum absolute atomic E-state index is 0.194. The molecule has 2 aromatic carbocycles. The molecule has 2 heterocycles. The van der Waals surface area contributed by atoms with Crippen molar-refractivity contribution in [3.8, 4) is 0 Å². The SMILES string of the molecule is Cc1ccc(Cn2ccnc2NC(=O)[C@@H]2CN(C(C)(C)C)C[C@H]2c2ccc(F)cc2F)c(C(C)C)c1. The number of nitrogens with zero attached hydrogens (tertiary/aromatic N) is 3. The van der Waals surface area contributed by atoms with Gasteiger partial charge in [0.05, 0.1) is 12.5 Å². The molecule has 0 radical (unpaired) electrons. The van der Waals surface area contributed by atoms with Crippen molar-refractivity contribution in [3.63, 3.8) is 0 Å². The van der Waals surface area contributed by atoms with Crippen LogP contribution in [0.3, 0.4) is 0 Å². The number of anilines is 1. The van der Waals surface area contributed by atoms with E-state index in [0.29, 0.717) is 37.1 Å². The van der Waals surface area contributed by atoms with Crippen molar-refractivity contribution in [3.05, 3.63) is 82.7 Å². The number of likely N-dealkylation sites (tertiary alicyclic amines) is 1. The third kappa shape index (κ3) is 5.51. The third-order valence-electron chi connectivity index (χ3n) is 7.18. The summed E-state index contributed by atoms with van der Waals surface area (Å²) < 4.78 is 30.3. The van der Waals surface area contributed by atoms with Crippen LogP contribution < -0.4 is 5.32 Å². The maximum Gasteiger partial charge on any atom is 0.231 e. The second-order valence-corrected chi connectivity index (χ2v) is 11.2. The second-order valence-electron chi connectivity index (χ2n) is 11.2. The predicted molar refractivity (Wildman–Crippen MR) is 139 cm³/mol. The molecule has 0 spiro atoms. The zero-order chi connectivity index (χ0) is 26.2. The Morgan fingerprint density at radius 2 is 1.89 bits per heavy atom. The summed E-state index contributed by atoms with van der Waals surface area (Å²) in [5, 5.41) is 3.01. The Balaban J connectivity index is 1.59. The number of nitrogens with one attached hydrogen (secondary N) is 1. The number of carbonyl (C=O) groups excluding carboxylic acids is 1. The molecule has 1 aromatic heterocycles. The Morgan fingerprint density at radius 1 is 1.14 bits per heavy atom. The molecule has 4 rings (SSSR count). The lowest BCUT2D eigenvalue weighted by Crippen LogP contribution is -2.40. The molecule has 1 N–H and O–H groups in total. The van der Waals surface area contributed by atoms with Crippen LogP contribution in [-0.2, 0) is 11.3 Å². The first-order chi connectivity index (χ1) is 16.9. The van der Waals surface area contributed by atoms with Gasteiger partial charge in [-0.2, -0.15) is 0 Å². The maximum atomic E-state index is 14.8. The number of halogens is 2. The molecule has 0 saturated carbocycles. The van der Waals surface area contributed by atoms with Crippen molar-refractivity contribution < 1.29 is 13.6 Å². The van der Waals surface area contributed by atoms with E-state index in [0.717, 1.165) is 6.07 Å². The van der Waals surface area contributed by atoms with E-state index in [4.69, 9.17) is 0 Å². The normalized spacial score (nSPS) is 18.7. The molecule has 1 amide bonds. The number of aromatic nitrogens is 2. The van der Waals surface area contributed by atoms with E-state index >= 15 is 0 Å². The monoisotopic (exact) mass is 494 g/mol. The van der Waals surface area contributed by atoms with E-state index < -0.39 is 23.5 Å². The fraction of sp³-hybridized carbons (Fsp3) is 0.448. The average Bonchev–Trinajstić information content (AvgIpc) is 3.42. The molecule has 1 aliphatic rings. The second kappa shape index (κ2) is 10.1. The van der Waals surface area contributed by atoms with Crippen LogP contribution >= 0.6 is 0 Å². The minimum atomic E-state index is -0.623. The quantitative estimate of drug-likeness (QED) is 0.451. The number of hydrogen-bond acceptors (Lipinski definition) is 3. The number of rotatable bonds is 6. The highest BCUT2D eigenvalue weighted by molar-refractivity contribution is 5.92. The highest BCUT2D eigenvalue weighted by Crippen LogP contribution is 2.38. The van der Waals surface area contributed by atoms with Gasteiger partial charge in [0.25, 0.3) is 0 Å². The minimum Gasteiger partial charge on any atom is -0.313 e. The van der Waals surface area contributed by atoms with Gasteiger partial charge < -0.3 is 4.57 Å². The number of hydrogen-bond donors (Lipinski definition) is 1. The summed E-state index contributed by atoms with van der Waals surface area (Å²) in [6.07, 6.45) is 3.53. The molecule has 0 aliphatic carbocycles. The van der Waals surface area contributed by atoms with Crippen LogP contribution in [0.25, 0.3) is 0 Å². The van der Waals surface area contributed by atoms with Gasteiger partial charge >= 0.3 is 0 Å². The zero-order valence-corrected chi connectivity index (χ0v) is 22.0. The zero-order valence-electron chi connectivity index (χ0n) is 22.0. The summed E-state index contributed by atoms with van der Waals surface area (Å²) in [5.74, 6) is -1.51. The van der Waals surface area contributed by atoms with Crippen LogP contribution in [0.1, 0.15) is 68.7 Å². The molecule has 192 valence electrons. The molecule has 0 unspecified atom stereocenters. The number of aryl methyl sites for hydroxylation is 1. The highest BCUT2D eigenvalue weighted by atomic mass is 19.1. The first-order valence-corrected chi connectivity index (χ1v) is 12.6. The molecule has 1 saturated heterocycles. The van der Waals surface area contributed by atoms with Crippen LogP contribution in [0.2, 0.25) is 0 Å². The van der Waals surface area contributed by atoms with E-state index in [1.54, 1.807) is 6.20 Å². The smallest absolute Gasteiger partial charge is 0.231 e. The van der Waals surface area contributed by atoms with Gasteiger partial charge in [-0.05, 0) is 56.4 Å². The van der Waals surface area contributed by atoms with Gasteiger partial charge in [0.2, 0.25) is 11.9 Å². The molecule has 36 heavy (non-hydrogen) atoms. The molecular weight excluding hydrogens is 458 g/mol. The van der Waals surface area contributed by atoms with Crippen molar-refractivity contribution in [2.45, 2.75) is 65.5 Å². The largest absolute Gasteiger partial charge is 0.313 e. The van der Waals surface area contributed by atoms with Crippen molar-refractivity contribution in [1.82, 2.24) is 14.5 Å². The van der Waals surface area contributed by atoms with Crippen molar-refractivity contribution in [1.29, 1.82) is 0 Å². The van der Waals surface area contributed by atoms with Crippen LogP contribution in [0, 0.1) is 24.5 Å². The van der Waals surface area contributed by atoms with Crippen LogP contribution in [-0.4, -0.2) is 39.0 Å². The Morgan fingerprint density at radius 3 is 2.56 bits per heavy atom. The van der Waals surface area contributed by atoms with Gasteiger partial charge in [-0.25, -0.2) is 13.8 Å². The van der Waals surface area contributed by atoms with E-state index in [2.05, 4.69) is 74.9 Å². The summed E-state index contributed by atoms with van der Waals surface area (Å²) in [6, 6.07) is 10.0. The average molecular weight is 495 g/mol. The van der Waals surface area contributed by atoms with Gasteiger partial charge in [-0.1, -0.05) is 43.7 Å². The first-order valence-electron chi connectivity index (χ1n) is 12.6. The molecular formula is C29H36F2N4O. The molecule has 7 heteroatoms. The van der Waals surface area contributed by atoms with Gasteiger partial charge in [0.1, 0.15) is 11.6 Å². The number of carbonyl (C=O) groups is 1. The highest BCUT2D eigenvalue weighted by Gasteiger charge is 2.43. The Labute approximate surface area is 212 Å². The van der Waals surface area contributed by atoms with E-state index in [9.17, 15) is 13.6 Å². The topological polar surface area (TPSA) is 50.2 Å². The van der Waals surface area contributed by atoms with Gasteiger partial charge in [-0.3, -0.25) is 15.0 Å². The third-order valence-corrected chi connectivity index (χ3v) is 7.18. The maximum absolute atomic E-state index is 14.8. The summed E-state index contributed by atoms with van der Waals surface area (Å²) in [6.45, 7) is 14.2. The molecule has 0 bridgehead atoms. The predicted octanol–water partition coefficient (Wildman–Crippen LogP) is 6.09. The lowest BCUT2D eigenvalue weighted by Gasteiger charge is -2.31. The van der Waals surface area contributed by atoms with Crippen molar-refractivity contribution in [2.24, 2.45) is 5.92 Å². The summed E-state index contributed by atoms with van der Waals surface area (Å²) in [7, 11) is 0. The van der Waals surface area contributed by atoms with Crippen molar-refractivity contribution in [2.75, 3.05) is 18.4 Å². The number of imidazole rings is 1. The summed E-state index contributed by atoms with van der Waals surface area (Å²) in [4.78, 5) is 20.2. The van der Waals surface area contributed by atoms with E-state index in [1.165, 1.54) is 28.8 Å². The fourth-order valence-electron chi connectivity index (χ4n) is 5.08. The molecule has 1 fully saturated rings. The van der Waals surface area contributed by atoms with Crippen LogP contribution in [0.4, 0.5) is 14.7 Å². The summed E-state index contributed by atoms with van der Waals surface area (Å²) >= 11 is 0. The number of benzene rings is 2. The lowest BCUT2D eigenvalue weighted by atomic mass is 9.88. The Bertz CT molecular complexity index is 1240. The lowest BCUT2D eigenvalue weighted by molar-refractivity contribution is -0.120. The van der Waals surface area contributed by atoms with Gasteiger partial charge in [0, 0.05) is 43.0 Å². The fourth-order valence-corrected chi connectivity index (χ4v) is 5.08. The van der Waals surface area contributed by atoms with Gasteiger partial charge in [-0.15, -0.1) is 0 Å². The Hall–Kier alpha value is -3.06. The van der Waals surface area contributed by atoms with E-state index in [1.807, 2.05) is 10.8 Å². The standard InChI is InChI=1S/C29H36F2N4O/c1-18(2)23-13-19(3)7-8-20(23)15-34-12-11-32-28(34)33-27(36)25-17-35(29(4,5)6)16-24(25)22-10-9-21(30)14-26(22)31/h7-14,18,24-25H,15-17H2,1-6H3,(H,32,33,36)/t24-,25+/m0/s1. The summed E-state index contributed by atoms with van der Waals surface area (Å²) in [5.41, 5.74) is 3.83. The van der Waals surface area contributed by atoms with Crippen molar-refractivity contribution >= 4 is 11.9 Å². The first kappa shape index (κ1) is 26.0. The molecule has 1 aliphatic heterocycles. The molecule has 3 aromatic rings. The Kier molecular flexibility index (Phi) is 7.32. The van der Waals surface area contributed by atoms with Crippen LogP contribution in [0.15, 0.2) is 48.8 Å². The number of amides is 1. The molecule has 5 nitrogen and oxygen atoms in total.